The van der Waals surface area contributed by atoms with Gasteiger partial charge in [-0.2, -0.15) is 17.6 Å². The van der Waals surface area contributed by atoms with E-state index in [1.165, 1.54) is 13.0 Å². The lowest BCUT2D eigenvalue weighted by Crippen LogP contribution is -2.47. The molecule has 0 bridgehead atoms. The van der Waals surface area contributed by atoms with E-state index < -0.39 is 58.9 Å². The molecular formula is C21H20F5N3O4. The topological polar surface area (TPSA) is 104 Å². The molecule has 1 aromatic heterocycles. The van der Waals surface area contributed by atoms with Crippen LogP contribution >= 0.6 is 0 Å². The van der Waals surface area contributed by atoms with Crippen molar-refractivity contribution in [2.24, 2.45) is 11.7 Å². The van der Waals surface area contributed by atoms with E-state index in [2.05, 4.69) is 10.3 Å². The first-order valence-corrected chi connectivity index (χ1v) is 9.64. The van der Waals surface area contributed by atoms with Crippen molar-refractivity contribution in [1.29, 1.82) is 0 Å². The predicted molar refractivity (Wildman–Crippen MR) is 106 cm³/mol. The Labute approximate surface area is 185 Å². The number of primary amides is 1. The molecule has 4 atom stereocenters. The molecule has 0 unspecified atom stereocenters. The fourth-order valence-electron chi connectivity index (χ4n) is 3.90. The Morgan fingerprint density at radius 1 is 1.24 bits per heavy atom. The summed E-state index contributed by atoms with van der Waals surface area (Å²) in [7, 11) is 1.03. The van der Waals surface area contributed by atoms with Crippen LogP contribution in [-0.2, 0) is 9.53 Å². The normalized spacial score (nSPS) is 25.0. The highest BCUT2D eigenvalue weighted by Crippen LogP contribution is 2.54. The summed E-state index contributed by atoms with van der Waals surface area (Å²) < 4.78 is 80.0. The fourth-order valence-corrected chi connectivity index (χ4v) is 3.90. The van der Waals surface area contributed by atoms with Gasteiger partial charge in [0.1, 0.15) is 6.10 Å². The number of nitrogens with one attached hydrogen (secondary N) is 1. The smallest absolute Gasteiger partial charge is 0.417 e. The van der Waals surface area contributed by atoms with Crippen LogP contribution in [0.1, 0.15) is 35.7 Å². The van der Waals surface area contributed by atoms with Crippen LogP contribution in [0.25, 0.3) is 0 Å². The predicted octanol–water partition coefficient (Wildman–Crippen LogP) is 3.55. The van der Waals surface area contributed by atoms with Crippen molar-refractivity contribution in [3.63, 3.8) is 0 Å². The Balaban J connectivity index is 2.07. The largest absolute Gasteiger partial charge is 0.493 e. The van der Waals surface area contributed by atoms with Crippen LogP contribution in [0.3, 0.4) is 0 Å². The van der Waals surface area contributed by atoms with Gasteiger partial charge in [-0.05, 0) is 19.1 Å². The number of halogens is 5. The molecule has 1 fully saturated rings. The Morgan fingerprint density at radius 2 is 1.91 bits per heavy atom. The van der Waals surface area contributed by atoms with Crippen LogP contribution in [-0.4, -0.2) is 41.8 Å². The van der Waals surface area contributed by atoms with E-state index in [-0.39, 0.29) is 16.8 Å². The van der Waals surface area contributed by atoms with Crippen LogP contribution in [0.5, 0.6) is 5.75 Å². The molecule has 1 aliphatic rings. The number of rotatable bonds is 5. The van der Waals surface area contributed by atoms with E-state index in [4.69, 9.17) is 15.2 Å². The summed E-state index contributed by atoms with van der Waals surface area (Å²) >= 11 is 0. The van der Waals surface area contributed by atoms with Gasteiger partial charge in [0.2, 0.25) is 11.7 Å². The lowest BCUT2D eigenvalue weighted by Gasteiger charge is -2.32. The quantitative estimate of drug-likeness (QED) is 0.647. The van der Waals surface area contributed by atoms with Crippen LogP contribution in [0.2, 0.25) is 0 Å². The minimum Gasteiger partial charge on any atom is -0.493 e. The highest BCUT2D eigenvalue weighted by atomic mass is 19.4. The van der Waals surface area contributed by atoms with Crippen molar-refractivity contribution in [2.75, 3.05) is 12.4 Å². The second-order valence-electron chi connectivity index (χ2n) is 7.76. The van der Waals surface area contributed by atoms with Crippen molar-refractivity contribution in [1.82, 2.24) is 4.98 Å². The molecule has 0 spiro atoms. The Bertz CT molecular complexity index is 1090. The van der Waals surface area contributed by atoms with Crippen LogP contribution in [0.15, 0.2) is 30.6 Å². The first kappa shape index (κ1) is 24.4. The number of carbonyl (C=O) groups excluding carboxylic acids is 2. The van der Waals surface area contributed by atoms with E-state index in [9.17, 15) is 31.5 Å². The number of nitrogens with two attached hydrogens (primary N) is 1. The second-order valence-corrected chi connectivity index (χ2v) is 7.76. The third-order valence-corrected chi connectivity index (χ3v) is 5.86. The molecule has 0 aliphatic carbocycles. The zero-order valence-electron chi connectivity index (χ0n) is 17.7. The van der Waals surface area contributed by atoms with Crippen molar-refractivity contribution in [3.8, 4) is 5.75 Å². The van der Waals surface area contributed by atoms with Crippen molar-refractivity contribution < 1.29 is 41.0 Å². The number of hydrogen-bond donors (Lipinski definition) is 2. The van der Waals surface area contributed by atoms with Crippen molar-refractivity contribution in [2.45, 2.75) is 37.6 Å². The third kappa shape index (κ3) is 4.22. The number of pyridine rings is 1. The number of anilines is 1. The highest BCUT2D eigenvalue weighted by molar-refractivity contribution is 5.97. The lowest BCUT2D eigenvalue weighted by atomic mass is 9.77. The maximum absolute atomic E-state index is 14.3. The summed E-state index contributed by atoms with van der Waals surface area (Å²) in [5, 5.41) is 2.34. The molecule has 33 heavy (non-hydrogen) atoms. The number of alkyl halides is 3. The molecule has 0 radical (unpaired) electrons. The second kappa shape index (κ2) is 8.58. The summed E-state index contributed by atoms with van der Waals surface area (Å²) in [6, 6.07) is 2.97. The van der Waals surface area contributed by atoms with Gasteiger partial charge < -0.3 is 20.5 Å². The maximum Gasteiger partial charge on any atom is 0.417 e. The molecule has 178 valence electrons. The number of nitrogens with zero attached hydrogens (tertiary/aromatic N) is 1. The summed E-state index contributed by atoms with van der Waals surface area (Å²) in [5.41, 5.74) is 2.15. The number of benzene rings is 1. The Kier molecular flexibility index (Phi) is 6.33. The average molecular weight is 473 g/mol. The van der Waals surface area contributed by atoms with E-state index in [0.717, 1.165) is 38.6 Å². The summed E-state index contributed by atoms with van der Waals surface area (Å²) in [5.74, 6) is -7.92. The third-order valence-electron chi connectivity index (χ3n) is 5.86. The molecule has 3 N–H and O–H groups in total. The molecule has 2 heterocycles. The molecule has 7 nitrogen and oxygen atoms in total. The molecular weight excluding hydrogens is 453 g/mol. The Hall–Kier alpha value is -3.28. The minimum absolute atomic E-state index is 0.0239. The first-order valence-electron chi connectivity index (χ1n) is 9.64. The van der Waals surface area contributed by atoms with E-state index in [1.807, 2.05) is 0 Å². The molecule has 12 heteroatoms. The van der Waals surface area contributed by atoms with Gasteiger partial charge in [0.05, 0.1) is 24.6 Å². The van der Waals surface area contributed by atoms with Crippen molar-refractivity contribution in [3.05, 3.63) is 53.4 Å². The maximum atomic E-state index is 14.3. The molecule has 0 saturated carbocycles. The number of amides is 2. The fraction of sp³-hybridized carbons (Fsp3) is 0.381. The summed E-state index contributed by atoms with van der Waals surface area (Å²) in [6.45, 7) is 1.97. The molecule has 1 aromatic carbocycles. The minimum atomic E-state index is -4.89. The van der Waals surface area contributed by atoms with Gasteiger partial charge in [0.25, 0.3) is 5.91 Å². The number of methoxy groups -OCH3 is 1. The highest BCUT2D eigenvalue weighted by Gasteiger charge is 2.65. The van der Waals surface area contributed by atoms with Gasteiger partial charge >= 0.3 is 6.18 Å². The summed E-state index contributed by atoms with van der Waals surface area (Å²) in [6.07, 6.45) is -4.37. The standard InChI is InChI=1S/C21H20F5N3O4/c1-9-14(12-4-5-13(22)15(23)16(12)32-3)17(33-20(9,2)21(24,25)26)19(31)29-11-6-10(18(27)30)7-28-8-11/h4-9,14,17H,1-3H3,(H2,27,30)(H,29,31)/t9-,14-,17-,20-/m0/s1. The number of carbonyl (C=O) groups is 2. The van der Waals surface area contributed by atoms with Crippen molar-refractivity contribution >= 4 is 17.5 Å². The molecule has 2 amide bonds. The van der Waals surface area contributed by atoms with E-state index >= 15 is 0 Å². The molecule has 2 aromatic rings. The van der Waals surface area contributed by atoms with Gasteiger partial charge in [-0.25, -0.2) is 4.39 Å². The van der Waals surface area contributed by atoms with Gasteiger partial charge in [-0.1, -0.05) is 13.0 Å². The van der Waals surface area contributed by atoms with E-state index in [0.29, 0.717) is 0 Å². The van der Waals surface area contributed by atoms with Gasteiger partial charge in [-0.3, -0.25) is 14.6 Å². The van der Waals surface area contributed by atoms with Crippen LogP contribution in [0.4, 0.5) is 27.6 Å². The van der Waals surface area contributed by atoms with Gasteiger partial charge in [-0.15, -0.1) is 0 Å². The lowest BCUT2D eigenvalue weighted by molar-refractivity contribution is -0.272. The van der Waals surface area contributed by atoms with Gasteiger partial charge in [0.15, 0.2) is 17.2 Å². The summed E-state index contributed by atoms with van der Waals surface area (Å²) in [4.78, 5) is 28.1. The molecule has 3 rings (SSSR count). The Morgan fingerprint density at radius 3 is 2.48 bits per heavy atom. The van der Waals surface area contributed by atoms with Gasteiger partial charge in [0, 0.05) is 23.6 Å². The number of aromatic nitrogens is 1. The zero-order valence-corrected chi connectivity index (χ0v) is 17.7. The molecule has 1 saturated heterocycles. The van der Waals surface area contributed by atoms with Crippen LogP contribution < -0.4 is 15.8 Å². The monoisotopic (exact) mass is 473 g/mol. The number of hydrogen-bond acceptors (Lipinski definition) is 5. The SMILES string of the molecule is COc1c([C@H]2[C@@H](C(=O)Nc3cncc(C(N)=O)c3)O[C@](C)(C(F)(F)F)[C@H]2C)ccc(F)c1F. The first-order chi connectivity index (χ1) is 15.3. The number of ether oxygens (including phenoxy) is 2. The van der Waals surface area contributed by atoms with Crippen LogP contribution in [0, 0.1) is 17.6 Å². The van der Waals surface area contributed by atoms with E-state index in [1.54, 1.807) is 0 Å². The molecule has 1 aliphatic heterocycles. The zero-order chi connectivity index (χ0) is 24.7. The average Bonchev–Trinajstić information content (AvgIpc) is 3.02.